The van der Waals surface area contributed by atoms with Gasteiger partial charge in [-0.25, -0.2) is 0 Å². The Hall–Kier alpha value is -1.51. The summed E-state index contributed by atoms with van der Waals surface area (Å²) in [6.45, 7) is 0.962. The van der Waals surface area contributed by atoms with Crippen molar-refractivity contribution in [1.82, 2.24) is 0 Å². The first-order valence-electron chi connectivity index (χ1n) is 6.04. The molecule has 1 N–H and O–H groups in total. The number of fused-ring (bicyclic) bond motifs is 1. The van der Waals surface area contributed by atoms with Crippen LogP contribution in [0.1, 0.15) is 11.1 Å². The molecule has 0 atom stereocenters. The van der Waals surface area contributed by atoms with Gasteiger partial charge in [-0.15, -0.1) is 0 Å². The third kappa shape index (κ3) is 1.88. The fraction of sp³-hybridized carbons (Fsp3) is 0.200. The average Bonchev–Trinajstić information content (AvgIpc) is 2.82. The number of para-hydroxylation sites is 1. The average molecular weight is 260 g/mol. The predicted octanol–water partition coefficient (Wildman–Crippen LogP) is 3.53. The maximum atomic E-state index is 9.13. The van der Waals surface area contributed by atoms with Crippen LogP contribution >= 0.6 is 11.6 Å². The monoisotopic (exact) mass is 259 g/mol. The standard InChI is InChI=1S/C15H14ClNO/c16-14-9-13(6-5-12(14)10-18)17-8-7-11-3-1-2-4-15(11)17/h1-6,9,18H,7-8,10H2. The molecule has 1 heterocycles. The fourth-order valence-corrected chi connectivity index (χ4v) is 2.67. The van der Waals surface area contributed by atoms with Crippen LogP contribution in [-0.4, -0.2) is 11.7 Å². The molecule has 0 spiro atoms. The van der Waals surface area contributed by atoms with Gasteiger partial charge in [-0.2, -0.15) is 0 Å². The van der Waals surface area contributed by atoms with E-state index in [4.69, 9.17) is 16.7 Å². The number of hydrogen-bond donors (Lipinski definition) is 1. The van der Waals surface area contributed by atoms with Gasteiger partial charge in [-0.3, -0.25) is 0 Å². The molecule has 18 heavy (non-hydrogen) atoms. The lowest BCUT2D eigenvalue weighted by molar-refractivity contribution is 0.282. The van der Waals surface area contributed by atoms with Crippen LogP contribution in [0, 0.1) is 0 Å². The van der Waals surface area contributed by atoms with Crippen LogP contribution in [0.25, 0.3) is 0 Å². The number of hydrogen-bond acceptors (Lipinski definition) is 2. The molecule has 3 heteroatoms. The summed E-state index contributed by atoms with van der Waals surface area (Å²) in [7, 11) is 0. The molecule has 92 valence electrons. The summed E-state index contributed by atoms with van der Waals surface area (Å²) >= 11 is 6.15. The zero-order valence-corrected chi connectivity index (χ0v) is 10.7. The highest BCUT2D eigenvalue weighted by Gasteiger charge is 2.20. The smallest absolute Gasteiger partial charge is 0.0696 e. The Morgan fingerprint density at radius 2 is 2.00 bits per heavy atom. The van der Waals surface area contributed by atoms with Crippen LogP contribution in [0.3, 0.4) is 0 Å². The summed E-state index contributed by atoms with van der Waals surface area (Å²) in [6, 6.07) is 14.3. The molecule has 2 aromatic carbocycles. The highest BCUT2D eigenvalue weighted by atomic mass is 35.5. The number of benzene rings is 2. The van der Waals surface area contributed by atoms with E-state index in [0.29, 0.717) is 5.02 Å². The molecule has 0 amide bonds. The molecule has 3 rings (SSSR count). The quantitative estimate of drug-likeness (QED) is 0.892. The molecule has 1 aliphatic rings. The molecule has 0 aliphatic carbocycles. The minimum Gasteiger partial charge on any atom is -0.392 e. The van der Waals surface area contributed by atoms with Gasteiger partial charge in [0.05, 0.1) is 6.61 Å². The van der Waals surface area contributed by atoms with Gasteiger partial charge in [-0.1, -0.05) is 35.9 Å². The highest BCUT2D eigenvalue weighted by Crippen LogP contribution is 2.35. The Morgan fingerprint density at radius 1 is 1.17 bits per heavy atom. The molecule has 2 aromatic rings. The van der Waals surface area contributed by atoms with E-state index in [2.05, 4.69) is 29.2 Å². The molecule has 0 unspecified atom stereocenters. The second-order valence-electron chi connectivity index (χ2n) is 4.46. The van der Waals surface area contributed by atoms with E-state index in [0.717, 1.165) is 24.2 Å². The van der Waals surface area contributed by atoms with Gasteiger partial charge < -0.3 is 10.0 Å². The molecule has 0 saturated carbocycles. The van der Waals surface area contributed by atoms with E-state index in [1.165, 1.54) is 11.3 Å². The van der Waals surface area contributed by atoms with Crippen LogP contribution in [0.4, 0.5) is 11.4 Å². The second kappa shape index (κ2) is 4.63. The first-order valence-corrected chi connectivity index (χ1v) is 6.42. The molecule has 0 fully saturated rings. The number of anilines is 2. The lowest BCUT2D eigenvalue weighted by Crippen LogP contribution is -2.13. The first-order chi connectivity index (χ1) is 8.79. The van der Waals surface area contributed by atoms with E-state index in [9.17, 15) is 0 Å². The summed E-state index contributed by atoms with van der Waals surface area (Å²) in [5.41, 5.74) is 4.49. The third-order valence-electron chi connectivity index (χ3n) is 3.41. The topological polar surface area (TPSA) is 23.5 Å². The van der Waals surface area contributed by atoms with E-state index >= 15 is 0 Å². The van der Waals surface area contributed by atoms with Gasteiger partial charge in [0, 0.05) is 22.9 Å². The van der Waals surface area contributed by atoms with Crippen LogP contribution < -0.4 is 4.90 Å². The summed E-state index contributed by atoms with van der Waals surface area (Å²) in [4.78, 5) is 2.27. The highest BCUT2D eigenvalue weighted by molar-refractivity contribution is 6.31. The zero-order chi connectivity index (χ0) is 12.5. The van der Waals surface area contributed by atoms with Crippen LogP contribution in [0.2, 0.25) is 5.02 Å². The Labute approximate surface area is 111 Å². The second-order valence-corrected chi connectivity index (χ2v) is 4.87. The lowest BCUT2D eigenvalue weighted by atomic mass is 10.1. The van der Waals surface area contributed by atoms with E-state index < -0.39 is 0 Å². The third-order valence-corrected chi connectivity index (χ3v) is 3.76. The summed E-state index contributed by atoms with van der Waals surface area (Å²) in [5, 5.41) is 9.76. The lowest BCUT2D eigenvalue weighted by Gasteiger charge is -2.20. The molecular formula is C15H14ClNO. The Balaban J connectivity index is 2.00. The minimum absolute atomic E-state index is 0.0182. The number of aliphatic hydroxyl groups is 1. The van der Waals surface area contributed by atoms with Gasteiger partial charge in [0.2, 0.25) is 0 Å². The molecular weight excluding hydrogens is 246 g/mol. The SMILES string of the molecule is OCc1ccc(N2CCc3ccccc32)cc1Cl. The molecule has 0 radical (unpaired) electrons. The van der Waals surface area contributed by atoms with Crippen molar-refractivity contribution in [2.45, 2.75) is 13.0 Å². The number of nitrogens with zero attached hydrogens (tertiary/aromatic N) is 1. The van der Waals surface area contributed by atoms with Crippen LogP contribution in [0.5, 0.6) is 0 Å². The van der Waals surface area contributed by atoms with Gasteiger partial charge >= 0.3 is 0 Å². The number of halogens is 1. The van der Waals surface area contributed by atoms with Gasteiger partial charge in [0.15, 0.2) is 0 Å². The first kappa shape index (κ1) is 11.6. The molecule has 2 nitrogen and oxygen atoms in total. The summed E-state index contributed by atoms with van der Waals surface area (Å²) in [5.74, 6) is 0. The normalized spacial score (nSPS) is 13.8. The maximum Gasteiger partial charge on any atom is 0.0696 e. The van der Waals surface area contributed by atoms with Crippen molar-refractivity contribution in [3.63, 3.8) is 0 Å². The predicted molar refractivity (Wildman–Crippen MR) is 74.5 cm³/mol. The fourth-order valence-electron chi connectivity index (χ4n) is 2.44. The Morgan fingerprint density at radius 3 is 2.78 bits per heavy atom. The molecule has 1 aliphatic heterocycles. The van der Waals surface area contributed by atoms with Crippen LogP contribution in [0.15, 0.2) is 42.5 Å². The van der Waals surface area contributed by atoms with Gasteiger partial charge in [0.1, 0.15) is 0 Å². The van der Waals surface area contributed by atoms with E-state index in [1.54, 1.807) is 0 Å². The Kier molecular flexibility index (Phi) is 2.98. The summed E-state index contributed by atoms with van der Waals surface area (Å²) < 4.78 is 0. The maximum absolute atomic E-state index is 9.13. The van der Waals surface area contributed by atoms with Crippen molar-refractivity contribution in [2.75, 3.05) is 11.4 Å². The number of aliphatic hydroxyl groups excluding tert-OH is 1. The Bertz CT molecular complexity index is 582. The van der Waals surface area contributed by atoms with Crippen molar-refractivity contribution in [3.05, 3.63) is 58.6 Å². The minimum atomic E-state index is -0.0182. The van der Waals surface area contributed by atoms with Crippen molar-refractivity contribution < 1.29 is 5.11 Å². The van der Waals surface area contributed by atoms with Gasteiger partial charge in [0.25, 0.3) is 0 Å². The van der Waals surface area contributed by atoms with E-state index in [-0.39, 0.29) is 6.61 Å². The molecule has 0 bridgehead atoms. The van der Waals surface area contributed by atoms with Crippen molar-refractivity contribution in [3.8, 4) is 0 Å². The molecule has 0 saturated heterocycles. The van der Waals surface area contributed by atoms with Crippen molar-refractivity contribution in [2.24, 2.45) is 0 Å². The molecule has 0 aromatic heterocycles. The summed E-state index contributed by atoms with van der Waals surface area (Å²) in [6.07, 6.45) is 1.07. The van der Waals surface area contributed by atoms with Crippen molar-refractivity contribution in [1.29, 1.82) is 0 Å². The largest absolute Gasteiger partial charge is 0.392 e. The van der Waals surface area contributed by atoms with Crippen molar-refractivity contribution >= 4 is 23.0 Å². The van der Waals surface area contributed by atoms with E-state index in [1.807, 2.05) is 18.2 Å². The van der Waals surface area contributed by atoms with Gasteiger partial charge in [-0.05, 0) is 35.7 Å². The van der Waals surface area contributed by atoms with Crippen LogP contribution in [-0.2, 0) is 13.0 Å². The zero-order valence-electron chi connectivity index (χ0n) is 9.94. The number of rotatable bonds is 2.